The molecule has 0 aliphatic rings. The fourth-order valence-corrected chi connectivity index (χ4v) is 2.17. The van der Waals surface area contributed by atoms with E-state index in [0.717, 1.165) is 29.5 Å². The van der Waals surface area contributed by atoms with Crippen LogP contribution < -0.4 is 0 Å². The van der Waals surface area contributed by atoms with Crippen LogP contribution in [0.1, 0.15) is 25.0 Å². The van der Waals surface area contributed by atoms with Gasteiger partial charge in [0.1, 0.15) is 11.5 Å². The van der Waals surface area contributed by atoms with Crippen molar-refractivity contribution in [1.29, 1.82) is 0 Å². The van der Waals surface area contributed by atoms with Gasteiger partial charge in [0, 0.05) is 0 Å². The molecule has 0 spiro atoms. The number of phenolic OH excluding ortho intramolecular Hbond substituents is 2. The maximum Gasteiger partial charge on any atom is 0.119 e. The van der Waals surface area contributed by atoms with Crippen molar-refractivity contribution < 1.29 is 10.2 Å². The van der Waals surface area contributed by atoms with E-state index in [1.54, 1.807) is 12.1 Å². The van der Waals surface area contributed by atoms with E-state index < -0.39 is 0 Å². The third-order valence-corrected chi connectivity index (χ3v) is 3.24. The quantitative estimate of drug-likeness (QED) is 0.857. The monoisotopic (exact) mass is 242 g/mol. The zero-order valence-electron chi connectivity index (χ0n) is 10.8. The summed E-state index contributed by atoms with van der Waals surface area (Å²) in [6.07, 6.45) is 1.75. The molecule has 0 aliphatic carbocycles. The second kappa shape index (κ2) is 5.13. The number of hydrogen-bond acceptors (Lipinski definition) is 2. The van der Waals surface area contributed by atoms with Crippen molar-refractivity contribution in [2.75, 3.05) is 0 Å². The molecule has 0 saturated carbocycles. The Morgan fingerprint density at radius 2 is 1.44 bits per heavy atom. The summed E-state index contributed by atoms with van der Waals surface area (Å²) >= 11 is 0. The van der Waals surface area contributed by atoms with E-state index in [2.05, 4.69) is 13.0 Å². The number of phenols is 2. The van der Waals surface area contributed by atoms with Gasteiger partial charge in [0.25, 0.3) is 0 Å². The van der Waals surface area contributed by atoms with Crippen molar-refractivity contribution in [2.45, 2.75) is 26.7 Å². The van der Waals surface area contributed by atoms with E-state index in [0.29, 0.717) is 5.75 Å². The first-order chi connectivity index (χ1) is 8.65. The Bertz CT molecular complexity index is 542. The van der Waals surface area contributed by atoms with Gasteiger partial charge in [-0.25, -0.2) is 0 Å². The molecule has 0 unspecified atom stereocenters. The first-order valence-electron chi connectivity index (χ1n) is 6.29. The van der Waals surface area contributed by atoms with Crippen molar-refractivity contribution in [2.24, 2.45) is 0 Å². The lowest BCUT2D eigenvalue weighted by Gasteiger charge is -2.12. The fourth-order valence-electron chi connectivity index (χ4n) is 2.17. The third kappa shape index (κ3) is 2.33. The first kappa shape index (κ1) is 12.5. The third-order valence-electron chi connectivity index (χ3n) is 3.24. The van der Waals surface area contributed by atoms with Gasteiger partial charge in [-0.15, -0.1) is 0 Å². The minimum atomic E-state index is 0.256. The van der Waals surface area contributed by atoms with Gasteiger partial charge in [-0.2, -0.15) is 0 Å². The van der Waals surface area contributed by atoms with Crippen molar-refractivity contribution >= 4 is 0 Å². The molecule has 0 heterocycles. The van der Waals surface area contributed by atoms with Gasteiger partial charge in [-0.3, -0.25) is 0 Å². The van der Waals surface area contributed by atoms with Crippen molar-refractivity contribution in [3.8, 4) is 22.6 Å². The molecule has 18 heavy (non-hydrogen) atoms. The van der Waals surface area contributed by atoms with Crippen LogP contribution >= 0.6 is 0 Å². The summed E-state index contributed by atoms with van der Waals surface area (Å²) in [5, 5.41) is 19.3. The molecule has 0 radical (unpaired) electrons. The summed E-state index contributed by atoms with van der Waals surface area (Å²) in [6, 6.07) is 11.0. The SMILES string of the molecule is CCc1cc(CC)c(-c2ccc(O)cc2)cc1O. The highest BCUT2D eigenvalue weighted by Gasteiger charge is 2.09. The number of rotatable bonds is 3. The molecule has 2 N–H and O–H groups in total. The Labute approximate surface area is 108 Å². The van der Waals surface area contributed by atoms with Crippen LogP contribution in [0.3, 0.4) is 0 Å². The molecular formula is C16H18O2. The van der Waals surface area contributed by atoms with Gasteiger partial charge in [-0.05, 0) is 53.3 Å². The standard InChI is InChI=1S/C16H18O2/c1-3-11-9-12(4-2)16(18)10-15(11)13-5-7-14(17)8-6-13/h5-10,17-18H,3-4H2,1-2H3. The Morgan fingerprint density at radius 3 is 2.00 bits per heavy atom. The average Bonchev–Trinajstić information content (AvgIpc) is 2.39. The predicted molar refractivity (Wildman–Crippen MR) is 74.0 cm³/mol. The van der Waals surface area contributed by atoms with E-state index in [1.165, 1.54) is 5.56 Å². The van der Waals surface area contributed by atoms with Crippen LogP contribution in [0.5, 0.6) is 11.5 Å². The van der Waals surface area contributed by atoms with Gasteiger partial charge in [0.05, 0.1) is 0 Å². The summed E-state index contributed by atoms with van der Waals surface area (Å²) in [6.45, 7) is 4.14. The minimum Gasteiger partial charge on any atom is -0.508 e. The summed E-state index contributed by atoms with van der Waals surface area (Å²) in [5.41, 5.74) is 4.25. The summed E-state index contributed by atoms with van der Waals surface area (Å²) < 4.78 is 0. The molecule has 0 aliphatic heterocycles. The maximum atomic E-state index is 9.98. The van der Waals surface area contributed by atoms with Crippen LogP contribution in [0.2, 0.25) is 0 Å². The van der Waals surface area contributed by atoms with Gasteiger partial charge in [-0.1, -0.05) is 32.0 Å². The molecule has 2 aromatic carbocycles. The number of hydrogen-bond donors (Lipinski definition) is 2. The predicted octanol–water partition coefficient (Wildman–Crippen LogP) is 3.89. The zero-order chi connectivity index (χ0) is 13.1. The molecule has 0 atom stereocenters. The highest BCUT2D eigenvalue weighted by molar-refractivity contribution is 5.70. The highest BCUT2D eigenvalue weighted by atomic mass is 16.3. The largest absolute Gasteiger partial charge is 0.508 e. The lowest BCUT2D eigenvalue weighted by molar-refractivity contribution is 0.469. The minimum absolute atomic E-state index is 0.256. The van der Waals surface area contributed by atoms with Crippen LogP contribution in [0.15, 0.2) is 36.4 Å². The number of aryl methyl sites for hydroxylation is 2. The van der Waals surface area contributed by atoms with E-state index in [9.17, 15) is 10.2 Å². The average molecular weight is 242 g/mol. The van der Waals surface area contributed by atoms with Gasteiger partial charge >= 0.3 is 0 Å². The molecule has 0 fully saturated rings. The molecule has 2 heteroatoms. The van der Waals surface area contributed by atoms with Crippen molar-refractivity contribution in [3.05, 3.63) is 47.5 Å². The van der Waals surface area contributed by atoms with Gasteiger partial charge in [0.15, 0.2) is 0 Å². The summed E-state index contributed by atoms with van der Waals surface area (Å²) in [7, 11) is 0. The van der Waals surface area contributed by atoms with Crippen LogP contribution in [0.4, 0.5) is 0 Å². The van der Waals surface area contributed by atoms with Gasteiger partial charge < -0.3 is 10.2 Å². The van der Waals surface area contributed by atoms with Crippen LogP contribution in [-0.4, -0.2) is 10.2 Å². The highest BCUT2D eigenvalue weighted by Crippen LogP contribution is 2.32. The second-order valence-electron chi connectivity index (χ2n) is 4.39. The first-order valence-corrected chi connectivity index (χ1v) is 6.29. The van der Waals surface area contributed by atoms with Crippen molar-refractivity contribution in [3.63, 3.8) is 0 Å². The Morgan fingerprint density at radius 1 is 0.833 bits per heavy atom. The lowest BCUT2D eigenvalue weighted by atomic mass is 9.94. The van der Waals surface area contributed by atoms with Gasteiger partial charge in [0.2, 0.25) is 0 Å². The molecular weight excluding hydrogens is 224 g/mol. The molecule has 0 saturated heterocycles. The summed E-state index contributed by atoms with van der Waals surface area (Å²) in [5.74, 6) is 0.601. The normalized spacial score (nSPS) is 10.6. The molecule has 2 nitrogen and oxygen atoms in total. The molecule has 0 bridgehead atoms. The summed E-state index contributed by atoms with van der Waals surface area (Å²) in [4.78, 5) is 0. The Hall–Kier alpha value is -1.96. The van der Waals surface area contributed by atoms with Crippen LogP contribution in [0, 0.1) is 0 Å². The maximum absolute atomic E-state index is 9.98. The topological polar surface area (TPSA) is 40.5 Å². The molecule has 0 aromatic heterocycles. The Balaban J connectivity index is 2.56. The van der Waals surface area contributed by atoms with E-state index in [-0.39, 0.29) is 5.75 Å². The Kier molecular flexibility index (Phi) is 3.56. The van der Waals surface area contributed by atoms with E-state index >= 15 is 0 Å². The van der Waals surface area contributed by atoms with Crippen LogP contribution in [0.25, 0.3) is 11.1 Å². The lowest BCUT2D eigenvalue weighted by Crippen LogP contribution is -1.92. The molecule has 2 aromatic rings. The molecule has 2 rings (SSSR count). The number of benzene rings is 2. The zero-order valence-corrected chi connectivity index (χ0v) is 10.8. The van der Waals surface area contributed by atoms with E-state index in [1.807, 2.05) is 25.1 Å². The smallest absolute Gasteiger partial charge is 0.119 e. The van der Waals surface area contributed by atoms with Crippen molar-refractivity contribution in [1.82, 2.24) is 0 Å². The van der Waals surface area contributed by atoms with Crippen LogP contribution in [-0.2, 0) is 12.8 Å². The number of aromatic hydroxyl groups is 2. The second-order valence-corrected chi connectivity index (χ2v) is 4.39. The molecule has 0 amide bonds. The molecule has 94 valence electrons. The van der Waals surface area contributed by atoms with E-state index in [4.69, 9.17) is 0 Å². The fraction of sp³-hybridized carbons (Fsp3) is 0.250.